The summed E-state index contributed by atoms with van der Waals surface area (Å²) in [6, 6.07) is -0.472. The highest BCUT2D eigenvalue weighted by atomic mass is 32.2. The minimum absolute atomic E-state index is 0.0169. The first-order valence-electron chi connectivity index (χ1n) is 5.61. The number of carbonyl (C=O) groups is 1. The molecule has 0 aromatic rings. The Morgan fingerprint density at radius 3 is 2.71 bits per heavy atom. The maximum Gasteiger partial charge on any atom is 0.304 e. The van der Waals surface area contributed by atoms with Gasteiger partial charge in [-0.05, 0) is 5.92 Å². The van der Waals surface area contributed by atoms with Crippen LogP contribution in [-0.2, 0) is 14.6 Å². The summed E-state index contributed by atoms with van der Waals surface area (Å²) < 4.78 is 22.9. The highest BCUT2D eigenvalue weighted by Crippen LogP contribution is 2.16. The first-order valence-corrected chi connectivity index (χ1v) is 7.43. The van der Waals surface area contributed by atoms with E-state index in [1.807, 2.05) is 11.8 Å². The van der Waals surface area contributed by atoms with E-state index in [1.165, 1.54) is 0 Å². The van der Waals surface area contributed by atoms with Gasteiger partial charge in [0.15, 0.2) is 9.84 Å². The van der Waals surface area contributed by atoms with Crippen LogP contribution in [0.5, 0.6) is 0 Å². The van der Waals surface area contributed by atoms with E-state index in [4.69, 9.17) is 10.2 Å². The molecule has 7 heteroatoms. The van der Waals surface area contributed by atoms with Crippen LogP contribution in [0, 0.1) is 5.92 Å². The molecule has 1 aliphatic rings. The molecule has 17 heavy (non-hydrogen) atoms. The minimum Gasteiger partial charge on any atom is -0.481 e. The average molecular weight is 265 g/mol. The summed E-state index contributed by atoms with van der Waals surface area (Å²) in [5.41, 5.74) is 0. The molecular formula is C10H19NO5S. The van der Waals surface area contributed by atoms with E-state index in [9.17, 15) is 13.2 Å². The van der Waals surface area contributed by atoms with Gasteiger partial charge in [-0.1, -0.05) is 6.92 Å². The lowest BCUT2D eigenvalue weighted by atomic mass is 10.1. The molecule has 1 aliphatic heterocycles. The van der Waals surface area contributed by atoms with E-state index < -0.39 is 21.8 Å². The first-order chi connectivity index (χ1) is 7.84. The van der Waals surface area contributed by atoms with Crippen molar-refractivity contribution in [1.29, 1.82) is 0 Å². The molecule has 1 saturated heterocycles. The second-order valence-electron chi connectivity index (χ2n) is 4.65. The third kappa shape index (κ3) is 4.61. The molecule has 6 nitrogen and oxygen atoms in total. The van der Waals surface area contributed by atoms with Gasteiger partial charge in [-0.3, -0.25) is 9.69 Å². The molecule has 0 aromatic carbocycles. The van der Waals surface area contributed by atoms with Gasteiger partial charge in [0.25, 0.3) is 0 Å². The van der Waals surface area contributed by atoms with E-state index in [2.05, 4.69) is 0 Å². The summed E-state index contributed by atoms with van der Waals surface area (Å²) in [6.07, 6.45) is -0.169. The molecule has 2 unspecified atom stereocenters. The fourth-order valence-electron chi connectivity index (χ4n) is 2.01. The summed E-state index contributed by atoms with van der Waals surface area (Å²) in [5, 5.41) is 17.7. The molecule has 1 heterocycles. The number of sulfone groups is 1. The van der Waals surface area contributed by atoms with Crippen LogP contribution < -0.4 is 0 Å². The zero-order valence-corrected chi connectivity index (χ0v) is 10.7. The van der Waals surface area contributed by atoms with Crippen molar-refractivity contribution in [2.24, 2.45) is 5.92 Å². The summed E-state index contributed by atoms with van der Waals surface area (Å²) in [4.78, 5) is 12.6. The van der Waals surface area contributed by atoms with Crippen molar-refractivity contribution >= 4 is 15.8 Å². The number of aliphatic carboxylic acids is 1. The van der Waals surface area contributed by atoms with Crippen LogP contribution in [0.3, 0.4) is 0 Å². The van der Waals surface area contributed by atoms with Crippen LogP contribution in [0.4, 0.5) is 0 Å². The second kappa shape index (κ2) is 5.79. The predicted octanol–water partition coefficient (Wildman–Crippen LogP) is -0.811. The van der Waals surface area contributed by atoms with E-state index >= 15 is 0 Å². The summed E-state index contributed by atoms with van der Waals surface area (Å²) in [5.74, 6) is -1.00. The fourth-order valence-corrected chi connectivity index (χ4v) is 3.60. The Hall–Kier alpha value is -0.660. The molecule has 100 valence electrons. The molecule has 0 radical (unpaired) electrons. The zero-order chi connectivity index (χ0) is 13.1. The summed E-state index contributed by atoms with van der Waals surface area (Å²) in [6.45, 7) is 2.75. The SMILES string of the molecule is CC(CO)CN1CCS(=O)(=O)CC1CC(=O)O. The lowest BCUT2D eigenvalue weighted by Gasteiger charge is -2.35. The van der Waals surface area contributed by atoms with E-state index in [1.54, 1.807) is 0 Å². The number of carboxylic acid groups (broad SMARTS) is 1. The maximum atomic E-state index is 11.5. The van der Waals surface area contributed by atoms with Crippen LogP contribution in [0.1, 0.15) is 13.3 Å². The van der Waals surface area contributed by atoms with Gasteiger partial charge >= 0.3 is 5.97 Å². The third-order valence-corrected chi connectivity index (χ3v) is 4.62. The van der Waals surface area contributed by atoms with Gasteiger partial charge in [0.1, 0.15) is 0 Å². The van der Waals surface area contributed by atoms with E-state index in [0.717, 1.165) is 0 Å². The average Bonchev–Trinajstić information content (AvgIpc) is 2.20. The summed E-state index contributed by atoms with van der Waals surface area (Å²) in [7, 11) is -3.12. The van der Waals surface area contributed by atoms with Crippen molar-refractivity contribution in [1.82, 2.24) is 4.90 Å². The van der Waals surface area contributed by atoms with Crippen molar-refractivity contribution in [3.8, 4) is 0 Å². The number of hydrogen-bond donors (Lipinski definition) is 2. The number of aliphatic hydroxyl groups is 1. The number of rotatable bonds is 5. The molecule has 0 aromatic heterocycles. The molecule has 0 aliphatic carbocycles. The zero-order valence-electron chi connectivity index (χ0n) is 9.87. The number of carboxylic acids is 1. The maximum absolute atomic E-state index is 11.5. The fraction of sp³-hybridized carbons (Fsp3) is 0.900. The first kappa shape index (κ1) is 14.4. The van der Waals surface area contributed by atoms with Crippen molar-refractivity contribution in [3.05, 3.63) is 0 Å². The molecule has 0 bridgehead atoms. The smallest absolute Gasteiger partial charge is 0.304 e. The standard InChI is InChI=1S/C10H19NO5S/c1-8(6-12)5-11-2-3-17(15,16)7-9(11)4-10(13)14/h8-9,12H,2-7H2,1H3,(H,13,14). The monoisotopic (exact) mass is 265 g/mol. The van der Waals surface area contributed by atoms with Gasteiger partial charge in [0, 0.05) is 25.7 Å². The Morgan fingerprint density at radius 2 is 2.18 bits per heavy atom. The van der Waals surface area contributed by atoms with Crippen molar-refractivity contribution in [2.45, 2.75) is 19.4 Å². The van der Waals surface area contributed by atoms with Gasteiger partial charge in [-0.2, -0.15) is 0 Å². The molecule has 0 spiro atoms. The van der Waals surface area contributed by atoms with Crippen molar-refractivity contribution in [2.75, 3.05) is 31.2 Å². The van der Waals surface area contributed by atoms with Gasteiger partial charge in [0.2, 0.25) is 0 Å². The topological polar surface area (TPSA) is 94.9 Å². The number of hydrogen-bond acceptors (Lipinski definition) is 5. The Labute approximate surface area is 101 Å². The number of aliphatic hydroxyl groups excluding tert-OH is 1. The Balaban J connectivity index is 2.70. The molecule has 1 fully saturated rings. The summed E-state index contributed by atoms with van der Waals surface area (Å²) >= 11 is 0. The van der Waals surface area contributed by atoms with Crippen LogP contribution in [0.25, 0.3) is 0 Å². The van der Waals surface area contributed by atoms with Gasteiger partial charge in [0.05, 0.1) is 17.9 Å². The highest BCUT2D eigenvalue weighted by Gasteiger charge is 2.32. The highest BCUT2D eigenvalue weighted by molar-refractivity contribution is 7.91. The normalized spacial score (nSPS) is 26.6. The largest absolute Gasteiger partial charge is 0.481 e. The second-order valence-corrected chi connectivity index (χ2v) is 6.88. The van der Waals surface area contributed by atoms with Gasteiger partial charge in [-0.15, -0.1) is 0 Å². The Bertz CT molecular complexity index is 367. The third-order valence-electron chi connectivity index (χ3n) is 2.92. The van der Waals surface area contributed by atoms with Gasteiger partial charge in [-0.25, -0.2) is 8.42 Å². The minimum atomic E-state index is -3.12. The lowest BCUT2D eigenvalue weighted by Crippen LogP contribution is -2.50. The van der Waals surface area contributed by atoms with Crippen LogP contribution in [0.15, 0.2) is 0 Å². The number of nitrogens with zero attached hydrogens (tertiary/aromatic N) is 1. The predicted molar refractivity (Wildman–Crippen MR) is 62.5 cm³/mol. The van der Waals surface area contributed by atoms with Crippen LogP contribution in [0.2, 0.25) is 0 Å². The quantitative estimate of drug-likeness (QED) is 0.675. The van der Waals surface area contributed by atoms with Crippen molar-refractivity contribution in [3.63, 3.8) is 0 Å². The molecule has 1 rings (SSSR count). The lowest BCUT2D eigenvalue weighted by molar-refractivity contribution is -0.138. The van der Waals surface area contributed by atoms with Crippen molar-refractivity contribution < 1.29 is 23.4 Å². The van der Waals surface area contributed by atoms with E-state index in [0.29, 0.717) is 13.1 Å². The van der Waals surface area contributed by atoms with Crippen LogP contribution >= 0.6 is 0 Å². The Kier molecular flexibility index (Phi) is 4.91. The molecule has 0 amide bonds. The molecular weight excluding hydrogens is 246 g/mol. The Morgan fingerprint density at radius 1 is 1.53 bits per heavy atom. The molecule has 0 saturated carbocycles. The molecule has 2 N–H and O–H groups in total. The molecule has 2 atom stereocenters. The van der Waals surface area contributed by atoms with E-state index in [-0.39, 0.29) is 30.5 Å². The van der Waals surface area contributed by atoms with Crippen LogP contribution in [-0.4, -0.2) is 66.7 Å². The van der Waals surface area contributed by atoms with Gasteiger partial charge < -0.3 is 10.2 Å².